The molecule has 0 saturated heterocycles. The minimum Gasteiger partial charge on any atom is -0.490 e. The first kappa shape index (κ1) is 9.55. The van der Waals surface area contributed by atoms with Crippen LogP contribution in [0.4, 0.5) is 0 Å². The van der Waals surface area contributed by atoms with Gasteiger partial charge in [-0.25, -0.2) is 0 Å². The van der Waals surface area contributed by atoms with E-state index in [0.29, 0.717) is 6.61 Å². The quantitative estimate of drug-likeness (QED) is 0.864. The molecule has 1 atom stereocenters. The van der Waals surface area contributed by atoms with Crippen molar-refractivity contribution in [1.82, 2.24) is 0 Å². The van der Waals surface area contributed by atoms with E-state index >= 15 is 0 Å². The first-order chi connectivity index (χ1) is 5.70. The van der Waals surface area contributed by atoms with Crippen LogP contribution in [0.15, 0.2) is 28.7 Å². The second-order valence-corrected chi connectivity index (χ2v) is 3.44. The molecule has 0 aliphatic heterocycles. The normalized spacial score (nSPS) is 12.6. The molecule has 0 radical (unpaired) electrons. The molecule has 0 aromatic heterocycles. The fraction of sp³-hybridized carbons (Fsp3) is 0.333. The largest absolute Gasteiger partial charge is 0.490 e. The summed E-state index contributed by atoms with van der Waals surface area (Å²) in [5.41, 5.74) is 0. The highest BCUT2D eigenvalue weighted by Gasteiger charge is 2.00. The summed E-state index contributed by atoms with van der Waals surface area (Å²) in [4.78, 5) is 0. The van der Waals surface area contributed by atoms with Crippen LogP contribution in [0.1, 0.15) is 6.92 Å². The molecule has 1 rings (SSSR count). The molecule has 0 bridgehead atoms. The van der Waals surface area contributed by atoms with Crippen LogP contribution >= 0.6 is 15.9 Å². The number of halogens is 1. The Hall–Kier alpha value is -0.540. The van der Waals surface area contributed by atoms with Gasteiger partial charge in [0.1, 0.15) is 12.4 Å². The molecule has 1 aromatic carbocycles. The maximum atomic E-state index is 8.96. The van der Waals surface area contributed by atoms with Gasteiger partial charge in [0, 0.05) is 0 Å². The average molecular weight is 231 g/mol. The Morgan fingerprint density at radius 1 is 1.50 bits per heavy atom. The SMILES string of the molecule is C[C@H](O)COc1ccccc1Br. The van der Waals surface area contributed by atoms with Crippen molar-refractivity contribution in [3.8, 4) is 5.75 Å². The third kappa shape index (κ3) is 2.83. The lowest BCUT2D eigenvalue weighted by molar-refractivity contribution is 0.122. The molecule has 12 heavy (non-hydrogen) atoms. The monoisotopic (exact) mass is 230 g/mol. The molecule has 3 heteroatoms. The van der Waals surface area contributed by atoms with Gasteiger partial charge in [-0.05, 0) is 35.0 Å². The van der Waals surface area contributed by atoms with Crippen LogP contribution in [0.2, 0.25) is 0 Å². The summed E-state index contributed by atoms with van der Waals surface area (Å²) in [6.07, 6.45) is -0.433. The third-order valence-electron chi connectivity index (χ3n) is 1.32. The Morgan fingerprint density at radius 2 is 2.17 bits per heavy atom. The zero-order valence-electron chi connectivity index (χ0n) is 6.83. The lowest BCUT2D eigenvalue weighted by Crippen LogP contribution is -2.12. The molecular formula is C9H11BrO2. The van der Waals surface area contributed by atoms with Crippen molar-refractivity contribution in [2.75, 3.05) is 6.61 Å². The van der Waals surface area contributed by atoms with Gasteiger partial charge in [-0.1, -0.05) is 12.1 Å². The molecule has 66 valence electrons. The summed E-state index contributed by atoms with van der Waals surface area (Å²) in [6.45, 7) is 2.01. The van der Waals surface area contributed by atoms with Crippen molar-refractivity contribution in [1.29, 1.82) is 0 Å². The minimum atomic E-state index is -0.433. The van der Waals surface area contributed by atoms with Gasteiger partial charge < -0.3 is 9.84 Å². The molecular weight excluding hydrogens is 220 g/mol. The zero-order valence-corrected chi connectivity index (χ0v) is 8.41. The van der Waals surface area contributed by atoms with Gasteiger partial charge in [-0.2, -0.15) is 0 Å². The van der Waals surface area contributed by atoms with E-state index in [2.05, 4.69) is 15.9 Å². The lowest BCUT2D eigenvalue weighted by Gasteiger charge is -2.08. The molecule has 2 nitrogen and oxygen atoms in total. The van der Waals surface area contributed by atoms with E-state index in [4.69, 9.17) is 9.84 Å². The molecule has 0 spiro atoms. The fourth-order valence-electron chi connectivity index (χ4n) is 0.772. The van der Waals surface area contributed by atoms with E-state index in [1.54, 1.807) is 6.92 Å². The van der Waals surface area contributed by atoms with Gasteiger partial charge in [0.15, 0.2) is 0 Å². The highest BCUT2D eigenvalue weighted by Crippen LogP contribution is 2.23. The molecule has 1 aromatic rings. The number of hydrogen-bond acceptors (Lipinski definition) is 2. The predicted octanol–water partition coefficient (Wildman–Crippen LogP) is 2.21. The van der Waals surface area contributed by atoms with Crippen molar-refractivity contribution in [2.45, 2.75) is 13.0 Å². The molecule has 0 amide bonds. The zero-order chi connectivity index (χ0) is 8.97. The third-order valence-corrected chi connectivity index (χ3v) is 1.97. The summed E-state index contributed by atoms with van der Waals surface area (Å²) in [7, 11) is 0. The van der Waals surface area contributed by atoms with Crippen molar-refractivity contribution >= 4 is 15.9 Å². The first-order valence-electron chi connectivity index (χ1n) is 3.75. The molecule has 0 heterocycles. The van der Waals surface area contributed by atoms with Crippen molar-refractivity contribution in [3.63, 3.8) is 0 Å². The van der Waals surface area contributed by atoms with Gasteiger partial charge in [-0.3, -0.25) is 0 Å². The van der Waals surface area contributed by atoms with Crippen molar-refractivity contribution in [2.24, 2.45) is 0 Å². The number of aliphatic hydroxyl groups is 1. The second-order valence-electron chi connectivity index (χ2n) is 2.59. The van der Waals surface area contributed by atoms with Crippen molar-refractivity contribution in [3.05, 3.63) is 28.7 Å². The van der Waals surface area contributed by atoms with E-state index < -0.39 is 6.10 Å². The van der Waals surface area contributed by atoms with E-state index in [-0.39, 0.29) is 0 Å². The van der Waals surface area contributed by atoms with E-state index in [9.17, 15) is 0 Å². The van der Waals surface area contributed by atoms with Crippen LogP contribution in [0, 0.1) is 0 Å². The van der Waals surface area contributed by atoms with E-state index in [1.165, 1.54) is 0 Å². The second kappa shape index (κ2) is 4.48. The van der Waals surface area contributed by atoms with Gasteiger partial charge in [0.2, 0.25) is 0 Å². The average Bonchev–Trinajstić information content (AvgIpc) is 2.03. The topological polar surface area (TPSA) is 29.5 Å². The maximum Gasteiger partial charge on any atom is 0.133 e. The fourth-order valence-corrected chi connectivity index (χ4v) is 1.17. The Bertz CT molecular complexity index is 248. The number of hydrogen-bond donors (Lipinski definition) is 1. The molecule has 0 saturated carbocycles. The van der Waals surface area contributed by atoms with Crippen LogP contribution in [0.3, 0.4) is 0 Å². The number of para-hydroxylation sites is 1. The van der Waals surface area contributed by atoms with Crippen molar-refractivity contribution < 1.29 is 9.84 Å². The molecule has 0 fully saturated rings. The minimum absolute atomic E-state index is 0.322. The van der Waals surface area contributed by atoms with Gasteiger partial charge in [0.05, 0.1) is 10.6 Å². The Labute approximate surface area is 80.3 Å². The number of rotatable bonds is 3. The summed E-state index contributed by atoms with van der Waals surface area (Å²) >= 11 is 3.34. The highest BCUT2D eigenvalue weighted by molar-refractivity contribution is 9.10. The van der Waals surface area contributed by atoms with Crippen LogP contribution in [0.5, 0.6) is 5.75 Å². The Balaban J connectivity index is 2.57. The van der Waals surface area contributed by atoms with Crippen LogP contribution in [-0.2, 0) is 0 Å². The smallest absolute Gasteiger partial charge is 0.133 e. The summed E-state index contributed by atoms with van der Waals surface area (Å²) < 4.78 is 6.21. The molecule has 0 unspecified atom stereocenters. The number of aliphatic hydroxyl groups excluding tert-OH is 1. The number of ether oxygens (including phenoxy) is 1. The molecule has 0 aliphatic carbocycles. The summed E-state index contributed by atoms with van der Waals surface area (Å²) in [5, 5.41) is 8.96. The first-order valence-corrected chi connectivity index (χ1v) is 4.55. The molecule has 0 aliphatic rings. The van der Waals surface area contributed by atoms with E-state index in [1.807, 2.05) is 24.3 Å². The number of benzene rings is 1. The standard InChI is InChI=1S/C9H11BrO2/c1-7(11)6-12-9-5-3-2-4-8(9)10/h2-5,7,11H,6H2,1H3/t7-/m0/s1. The highest BCUT2D eigenvalue weighted by atomic mass is 79.9. The van der Waals surface area contributed by atoms with Gasteiger partial charge in [-0.15, -0.1) is 0 Å². The van der Waals surface area contributed by atoms with Crippen LogP contribution in [0.25, 0.3) is 0 Å². The Morgan fingerprint density at radius 3 is 2.75 bits per heavy atom. The lowest BCUT2D eigenvalue weighted by atomic mass is 10.3. The molecule has 1 N–H and O–H groups in total. The Kier molecular flexibility index (Phi) is 3.56. The van der Waals surface area contributed by atoms with Gasteiger partial charge in [0.25, 0.3) is 0 Å². The van der Waals surface area contributed by atoms with Gasteiger partial charge >= 0.3 is 0 Å². The maximum absolute atomic E-state index is 8.96. The predicted molar refractivity (Wildman–Crippen MR) is 51.3 cm³/mol. The summed E-state index contributed by atoms with van der Waals surface area (Å²) in [6, 6.07) is 7.56. The summed E-state index contributed by atoms with van der Waals surface area (Å²) in [5.74, 6) is 0.762. The van der Waals surface area contributed by atoms with Crippen LogP contribution in [-0.4, -0.2) is 17.8 Å². The van der Waals surface area contributed by atoms with Crippen LogP contribution < -0.4 is 4.74 Å². The van der Waals surface area contributed by atoms with E-state index in [0.717, 1.165) is 10.2 Å².